The van der Waals surface area contributed by atoms with Crippen molar-refractivity contribution in [3.05, 3.63) is 34.9 Å². The maximum atomic E-state index is 12.6. The number of carbonyl (C=O) groups is 1. The van der Waals surface area contributed by atoms with Gasteiger partial charge in [-0.15, -0.1) is 0 Å². The van der Waals surface area contributed by atoms with Crippen LogP contribution in [0, 0.1) is 0 Å². The lowest BCUT2D eigenvalue weighted by Gasteiger charge is -2.32. The minimum Gasteiger partial charge on any atom is -0.378 e. The Labute approximate surface area is 140 Å². The van der Waals surface area contributed by atoms with E-state index in [1.165, 1.54) is 5.56 Å². The molecule has 2 heterocycles. The molecule has 2 amide bonds. The van der Waals surface area contributed by atoms with Gasteiger partial charge in [-0.05, 0) is 18.1 Å². The monoisotopic (exact) mass is 340 g/mol. The summed E-state index contributed by atoms with van der Waals surface area (Å²) in [6, 6.07) is 8.19. The van der Waals surface area contributed by atoms with Gasteiger partial charge in [0, 0.05) is 42.2 Å². The maximum Gasteiger partial charge on any atom is 0.320 e. The number of hydrogen-bond donors (Lipinski definition) is 0. The maximum absolute atomic E-state index is 12.6. The van der Waals surface area contributed by atoms with E-state index in [9.17, 15) is 4.79 Å². The minimum absolute atomic E-state index is 0.156. The fourth-order valence-electron chi connectivity index (χ4n) is 2.90. The highest BCUT2D eigenvalue weighted by Gasteiger charge is 2.27. The molecule has 120 valence electrons. The molecule has 0 bridgehead atoms. The second kappa shape index (κ2) is 7.57. The van der Waals surface area contributed by atoms with Crippen LogP contribution in [0.25, 0.3) is 0 Å². The molecule has 1 aromatic carbocycles. The minimum atomic E-state index is 0.156. The highest BCUT2D eigenvalue weighted by atomic mass is 35.5. The van der Waals surface area contributed by atoms with Crippen molar-refractivity contribution in [2.24, 2.45) is 0 Å². The molecule has 4 nitrogen and oxygen atoms in total. The molecule has 6 heteroatoms. The Hall–Kier alpha value is -0.910. The Balaban J connectivity index is 1.62. The van der Waals surface area contributed by atoms with Gasteiger partial charge in [0.1, 0.15) is 0 Å². The van der Waals surface area contributed by atoms with Crippen molar-refractivity contribution < 1.29 is 9.53 Å². The molecule has 0 unspecified atom stereocenters. The van der Waals surface area contributed by atoms with Crippen LogP contribution in [0.1, 0.15) is 17.2 Å². The quantitative estimate of drug-likeness (QED) is 0.786. The summed E-state index contributed by atoms with van der Waals surface area (Å²) in [6.07, 6.45) is 0.949. The SMILES string of the molecule is O=C(N1CCOCC1)N1CCS[C@H](c2ccccc2Cl)CC1. The molecule has 0 spiro atoms. The van der Waals surface area contributed by atoms with Gasteiger partial charge < -0.3 is 14.5 Å². The molecule has 1 aromatic rings. The van der Waals surface area contributed by atoms with Crippen molar-refractivity contribution in [3.8, 4) is 0 Å². The van der Waals surface area contributed by atoms with E-state index in [0.29, 0.717) is 31.6 Å². The Morgan fingerprint density at radius 3 is 2.64 bits per heavy atom. The molecule has 3 rings (SSSR count). The predicted molar refractivity (Wildman–Crippen MR) is 90.6 cm³/mol. The summed E-state index contributed by atoms with van der Waals surface area (Å²) in [5.74, 6) is 0.950. The van der Waals surface area contributed by atoms with Crippen molar-refractivity contribution in [2.75, 3.05) is 45.1 Å². The van der Waals surface area contributed by atoms with E-state index >= 15 is 0 Å². The number of benzene rings is 1. The summed E-state index contributed by atoms with van der Waals surface area (Å²) in [6.45, 7) is 4.31. The van der Waals surface area contributed by atoms with E-state index in [2.05, 4.69) is 6.07 Å². The second-order valence-electron chi connectivity index (χ2n) is 5.54. The number of amides is 2. The third kappa shape index (κ3) is 3.70. The van der Waals surface area contributed by atoms with Crippen molar-refractivity contribution in [3.63, 3.8) is 0 Å². The zero-order valence-electron chi connectivity index (χ0n) is 12.5. The summed E-state index contributed by atoms with van der Waals surface area (Å²) < 4.78 is 5.32. The second-order valence-corrected chi connectivity index (χ2v) is 7.26. The van der Waals surface area contributed by atoms with Gasteiger partial charge in [-0.1, -0.05) is 29.8 Å². The molecule has 2 aliphatic heterocycles. The van der Waals surface area contributed by atoms with Crippen LogP contribution in [0.3, 0.4) is 0 Å². The molecule has 2 fully saturated rings. The molecule has 22 heavy (non-hydrogen) atoms. The molecule has 0 aromatic heterocycles. The van der Waals surface area contributed by atoms with Crippen LogP contribution in [0.15, 0.2) is 24.3 Å². The van der Waals surface area contributed by atoms with E-state index in [4.69, 9.17) is 16.3 Å². The molecule has 1 atom stereocenters. The van der Waals surface area contributed by atoms with Crippen LogP contribution in [-0.4, -0.2) is 61.0 Å². The first-order valence-corrected chi connectivity index (χ1v) is 9.16. The number of urea groups is 1. The van der Waals surface area contributed by atoms with Gasteiger partial charge in [0.05, 0.1) is 13.2 Å². The third-order valence-electron chi connectivity index (χ3n) is 4.15. The molecular formula is C16H21ClN2O2S. The van der Waals surface area contributed by atoms with E-state index in [1.54, 1.807) is 0 Å². The third-order valence-corrected chi connectivity index (χ3v) is 5.80. The number of rotatable bonds is 1. The molecular weight excluding hydrogens is 320 g/mol. The van der Waals surface area contributed by atoms with E-state index < -0.39 is 0 Å². The number of hydrogen-bond acceptors (Lipinski definition) is 3. The number of carbonyl (C=O) groups excluding carboxylic acids is 1. The Morgan fingerprint density at radius 2 is 1.86 bits per heavy atom. The fourth-order valence-corrected chi connectivity index (χ4v) is 4.50. The van der Waals surface area contributed by atoms with Gasteiger partial charge in [0.25, 0.3) is 0 Å². The largest absolute Gasteiger partial charge is 0.378 e. The van der Waals surface area contributed by atoms with Crippen molar-refractivity contribution in [2.45, 2.75) is 11.7 Å². The average molecular weight is 341 g/mol. The van der Waals surface area contributed by atoms with Gasteiger partial charge in [-0.25, -0.2) is 4.79 Å². The van der Waals surface area contributed by atoms with Gasteiger partial charge >= 0.3 is 6.03 Å². The van der Waals surface area contributed by atoms with Crippen LogP contribution in [0.4, 0.5) is 4.79 Å². The van der Waals surface area contributed by atoms with Crippen molar-refractivity contribution >= 4 is 29.4 Å². The first-order valence-electron chi connectivity index (χ1n) is 7.73. The number of halogens is 1. The van der Waals surface area contributed by atoms with Crippen LogP contribution in [-0.2, 0) is 4.74 Å². The molecule has 2 aliphatic rings. The van der Waals surface area contributed by atoms with Crippen LogP contribution in [0.5, 0.6) is 0 Å². The molecule has 0 saturated carbocycles. The smallest absolute Gasteiger partial charge is 0.320 e. The lowest BCUT2D eigenvalue weighted by Crippen LogP contribution is -2.48. The lowest BCUT2D eigenvalue weighted by atomic mass is 10.1. The number of nitrogens with zero attached hydrogens (tertiary/aromatic N) is 2. The Kier molecular flexibility index (Phi) is 5.50. The topological polar surface area (TPSA) is 32.8 Å². The summed E-state index contributed by atoms with van der Waals surface area (Å²) in [5, 5.41) is 1.20. The van der Waals surface area contributed by atoms with Crippen molar-refractivity contribution in [1.29, 1.82) is 0 Å². The molecule has 0 aliphatic carbocycles. The fraction of sp³-hybridized carbons (Fsp3) is 0.562. The molecule has 2 saturated heterocycles. The van der Waals surface area contributed by atoms with Gasteiger partial charge in [0.2, 0.25) is 0 Å². The Bertz CT molecular complexity index is 523. The lowest BCUT2D eigenvalue weighted by molar-refractivity contribution is 0.0438. The van der Waals surface area contributed by atoms with E-state index in [0.717, 1.165) is 30.3 Å². The number of ether oxygens (including phenoxy) is 1. The average Bonchev–Trinajstić information content (AvgIpc) is 2.81. The zero-order chi connectivity index (χ0) is 15.4. The van der Waals surface area contributed by atoms with Crippen LogP contribution in [0.2, 0.25) is 5.02 Å². The summed E-state index contributed by atoms with van der Waals surface area (Å²) in [7, 11) is 0. The zero-order valence-corrected chi connectivity index (χ0v) is 14.1. The number of thioether (sulfide) groups is 1. The normalized spacial score (nSPS) is 23.2. The summed E-state index contributed by atoms with van der Waals surface area (Å²) >= 11 is 8.21. The van der Waals surface area contributed by atoms with Crippen molar-refractivity contribution in [1.82, 2.24) is 9.80 Å². The highest BCUT2D eigenvalue weighted by molar-refractivity contribution is 7.99. The molecule has 0 radical (unpaired) electrons. The number of morpholine rings is 1. The van der Waals surface area contributed by atoms with Crippen LogP contribution >= 0.6 is 23.4 Å². The van der Waals surface area contributed by atoms with E-state index in [-0.39, 0.29) is 6.03 Å². The predicted octanol–water partition coefficient (Wildman–Crippen LogP) is 3.27. The summed E-state index contributed by atoms with van der Waals surface area (Å²) in [5.41, 5.74) is 1.19. The standard InChI is InChI=1S/C16H21ClN2O2S/c17-14-4-2-1-3-13(14)15-5-6-18(9-12-22-15)16(20)19-7-10-21-11-8-19/h1-4,15H,5-12H2/t15-/m0/s1. The first kappa shape index (κ1) is 16.0. The van der Waals surface area contributed by atoms with E-state index in [1.807, 2.05) is 39.8 Å². The highest BCUT2D eigenvalue weighted by Crippen LogP contribution is 2.37. The summed E-state index contributed by atoms with van der Waals surface area (Å²) in [4.78, 5) is 16.5. The van der Waals surface area contributed by atoms with Gasteiger partial charge in [-0.2, -0.15) is 11.8 Å². The van der Waals surface area contributed by atoms with Gasteiger partial charge in [0.15, 0.2) is 0 Å². The first-order chi connectivity index (χ1) is 10.8. The molecule has 0 N–H and O–H groups in total. The van der Waals surface area contributed by atoms with Gasteiger partial charge in [-0.3, -0.25) is 0 Å². The van der Waals surface area contributed by atoms with Crippen LogP contribution < -0.4 is 0 Å². The Morgan fingerprint density at radius 1 is 1.14 bits per heavy atom.